The fourth-order valence-corrected chi connectivity index (χ4v) is 3.33. The molecule has 1 saturated heterocycles. The van der Waals surface area contributed by atoms with Crippen LogP contribution in [0.5, 0.6) is 0 Å². The van der Waals surface area contributed by atoms with E-state index in [-0.39, 0.29) is 5.92 Å². The second-order valence-corrected chi connectivity index (χ2v) is 6.87. The van der Waals surface area contributed by atoms with Gasteiger partial charge in [0, 0.05) is 19.2 Å². The number of aromatic nitrogens is 2. The molecule has 1 aliphatic rings. The molecule has 6 nitrogen and oxygen atoms in total. The predicted molar refractivity (Wildman–Crippen MR) is 88.3 cm³/mol. The SMILES string of the molecule is COC(=O)C(O)C1CCN(Cc2c(C(C)C)nn(C)c2Cl)CC1. The first-order valence-corrected chi connectivity index (χ1v) is 8.42. The van der Waals surface area contributed by atoms with Crippen LogP contribution in [0, 0.1) is 5.92 Å². The summed E-state index contributed by atoms with van der Waals surface area (Å²) in [5, 5.41) is 15.2. The van der Waals surface area contributed by atoms with Crippen molar-refractivity contribution in [1.82, 2.24) is 14.7 Å². The van der Waals surface area contributed by atoms with Crippen molar-refractivity contribution in [3.05, 3.63) is 16.4 Å². The molecule has 0 amide bonds. The lowest BCUT2D eigenvalue weighted by Gasteiger charge is -2.33. The van der Waals surface area contributed by atoms with Crippen molar-refractivity contribution in [1.29, 1.82) is 0 Å². The van der Waals surface area contributed by atoms with E-state index in [0.717, 1.165) is 43.7 Å². The Morgan fingerprint density at radius 2 is 2.04 bits per heavy atom. The molecule has 1 aromatic rings. The molecule has 0 bridgehead atoms. The number of piperidine rings is 1. The van der Waals surface area contributed by atoms with Gasteiger partial charge in [0.2, 0.25) is 0 Å². The van der Waals surface area contributed by atoms with E-state index in [1.807, 2.05) is 7.05 Å². The monoisotopic (exact) mass is 343 g/mol. The number of hydrogen-bond donors (Lipinski definition) is 1. The van der Waals surface area contributed by atoms with E-state index in [1.54, 1.807) is 4.68 Å². The highest BCUT2D eigenvalue weighted by atomic mass is 35.5. The average molecular weight is 344 g/mol. The summed E-state index contributed by atoms with van der Waals surface area (Å²) in [6.45, 7) is 6.62. The molecular weight excluding hydrogens is 318 g/mol. The van der Waals surface area contributed by atoms with Gasteiger partial charge in [0.15, 0.2) is 6.10 Å². The van der Waals surface area contributed by atoms with E-state index in [9.17, 15) is 9.90 Å². The summed E-state index contributed by atoms with van der Waals surface area (Å²) in [5.74, 6) is -0.254. The van der Waals surface area contributed by atoms with Crippen LogP contribution in [-0.4, -0.2) is 52.1 Å². The van der Waals surface area contributed by atoms with E-state index < -0.39 is 12.1 Å². The van der Waals surface area contributed by atoms with Gasteiger partial charge < -0.3 is 9.84 Å². The average Bonchev–Trinajstić information content (AvgIpc) is 2.82. The van der Waals surface area contributed by atoms with Crippen LogP contribution in [0.25, 0.3) is 0 Å². The minimum atomic E-state index is -1.02. The van der Waals surface area contributed by atoms with Crippen molar-refractivity contribution in [3.8, 4) is 0 Å². The number of carbonyl (C=O) groups excluding carboxylic acids is 1. The zero-order valence-electron chi connectivity index (χ0n) is 14.3. The van der Waals surface area contributed by atoms with Crippen LogP contribution in [0.15, 0.2) is 0 Å². The summed E-state index contributed by atoms with van der Waals surface area (Å²) < 4.78 is 6.34. The molecule has 2 heterocycles. The van der Waals surface area contributed by atoms with Crippen molar-refractivity contribution < 1.29 is 14.6 Å². The predicted octanol–water partition coefficient (Wildman–Crippen LogP) is 1.94. The Labute approximate surface area is 142 Å². The zero-order valence-corrected chi connectivity index (χ0v) is 15.0. The second-order valence-electron chi connectivity index (χ2n) is 6.51. The Morgan fingerprint density at radius 1 is 1.43 bits per heavy atom. The molecule has 0 aliphatic carbocycles. The molecule has 23 heavy (non-hydrogen) atoms. The van der Waals surface area contributed by atoms with Gasteiger partial charge in [0.05, 0.1) is 12.8 Å². The Balaban J connectivity index is 1.99. The van der Waals surface area contributed by atoms with Gasteiger partial charge in [-0.05, 0) is 37.8 Å². The van der Waals surface area contributed by atoms with Gasteiger partial charge in [-0.1, -0.05) is 25.4 Å². The lowest BCUT2D eigenvalue weighted by molar-refractivity contribution is -0.154. The van der Waals surface area contributed by atoms with E-state index >= 15 is 0 Å². The fraction of sp³-hybridized carbons (Fsp3) is 0.750. The molecule has 7 heteroatoms. The summed E-state index contributed by atoms with van der Waals surface area (Å²) in [6.07, 6.45) is 0.520. The molecule has 1 atom stereocenters. The van der Waals surface area contributed by atoms with Gasteiger partial charge in [0.25, 0.3) is 0 Å². The lowest BCUT2D eigenvalue weighted by atomic mass is 9.91. The van der Waals surface area contributed by atoms with E-state index in [1.165, 1.54) is 7.11 Å². The van der Waals surface area contributed by atoms with Crippen molar-refractivity contribution >= 4 is 17.6 Å². The number of halogens is 1. The molecule has 130 valence electrons. The molecule has 0 saturated carbocycles. The summed E-state index contributed by atoms with van der Waals surface area (Å²) >= 11 is 6.39. The lowest BCUT2D eigenvalue weighted by Crippen LogP contribution is -2.40. The van der Waals surface area contributed by atoms with Gasteiger partial charge in [-0.3, -0.25) is 9.58 Å². The molecule has 0 spiro atoms. The third-order valence-corrected chi connectivity index (χ3v) is 5.02. The number of aliphatic hydroxyl groups is 1. The maximum Gasteiger partial charge on any atom is 0.334 e. The number of aliphatic hydroxyl groups excluding tert-OH is 1. The van der Waals surface area contributed by atoms with Crippen molar-refractivity contribution in [2.24, 2.45) is 13.0 Å². The first-order chi connectivity index (χ1) is 10.8. The highest BCUT2D eigenvalue weighted by Crippen LogP contribution is 2.29. The number of carbonyl (C=O) groups is 1. The topological polar surface area (TPSA) is 67.6 Å². The zero-order chi connectivity index (χ0) is 17.1. The maximum atomic E-state index is 11.4. The molecule has 0 aromatic carbocycles. The van der Waals surface area contributed by atoms with Crippen LogP contribution >= 0.6 is 11.6 Å². The van der Waals surface area contributed by atoms with Crippen molar-refractivity contribution in [2.45, 2.75) is 45.3 Å². The molecule has 1 unspecified atom stereocenters. The van der Waals surface area contributed by atoms with Gasteiger partial charge >= 0.3 is 5.97 Å². The van der Waals surface area contributed by atoms with E-state index in [2.05, 4.69) is 28.6 Å². The number of ether oxygens (including phenoxy) is 1. The number of aryl methyl sites for hydroxylation is 1. The quantitative estimate of drug-likeness (QED) is 0.827. The van der Waals surface area contributed by atoms with E-state index in [4.69, 9.17) is 11.6 Å². The van der Waals surface area contributed by atoms with Crippen LogP contribution in [0.3, 0.4) is 0 Å². The summed E-state index contributed by atoms with van der Waals surface area (Å²) in [6, 6.07) is 0. The minimum Gasteiger partial charge on any atom is -0.467 e. The smallest absolute Gasteiger partial charge is 0.334 e. The van der Waals surface area contributed by atoms with Crippen LogP contribution in [0.1, 0.15) is 43.9 Å². The summed E-state index contributed by atoms with van der Waals surface area (Å²) in [7, 11) is 3.16. The number of methoxy groups -OCH3 is 1. The Morgan fingerprint density at radius 3 is 2.57 bits per heavy atom. The Kier molecular flexibility index (Phi) is 6.06. The number of rotatable bonds is 5. The number of nitrogens with zero attached hydrogens (tertiary/aromatic N) is 3. The molecule has 0 radical (unpaired) electrons. The fourth-order valence-electron chi connectivity index (χ4n) is 3.14. The first kappa shape index (κ1) is 18.2. The second kappa shape index (κ2) is 7.64. The maximum absolute atomic E-state index is 11.4. The minimum absolute atomic E-state index is 0.0346. The summed E-state index contributed by atoms with van der Waals surface area (Å²) in [4.78, 5) is 13.7. The van der Waals surface area contributed by atoms with Crippen molar-refractivity contribution in [3.63, 3.8) is 0 Å². The van der Waals surface area contributed by atoms with Crippen LogP contribution < -0.4 is 0 Å². The largest absolute Gasteiger partial charge is 0.467 e. The number of esters is 1. The molecular formula is C16H26ClN3O3. The van der Waals surface area contributed by atoms with E-state index in [0.29, 0.717) is 11.1 Å². The van der Waals surface area contributed by atoms with Gasteiger partial charge in [-0.15, -0.1) is 0 Å². The molecule has 2 rings (SSSR count). The van der Waals surface area contributed by atoms with Crippen LogP contribution in [-0.2, 0) is 23.1 Å². The standard InChI is InChI=1S/C16H26ClN3O3/c1-10(2)13-12(15(17)19(3)18-13)9-20-7-5-11(6-8-20)14(21)16(22)23-4/h10-11,14,21H,5-9H2,1-4H3. The first-order valence-electron chi connectivity index (χ1n) is 8.04. The molecule has 1 fully saturated rings. The number of hydrogen-bond acceptors (Lipinski definition) is 5. The highest BCUT2D eigenvalue weighted by molar-refractivity contribution is 6.30. The third-order valence-electron chi connectivity index (χ3n) is 4.55. The number of likely N-dealkylation sites (tertiary alicyclic amines) is 1. The summed E-state index contributed by atoms with van der Waals surface area (Å²) in [5.41, 5.74) is 2.12. The Bertz CT molecular complexity index is 551. The van der Waals surface area contributed by atoms with Gasteiger partial charge in [-0.25, -0.2) is 4.79 Å². The normalized spacial score (nSPS) is 18.4. The Hall–Kier alpha value is -1.11. The highest BCUT2D eigenvalue weighted by Gasteiger charge is 2.31. The van der Waals surface area contributed by atoms with Gasteiger partial charge in [-0.2, -0.15) is 5.10 Å². The van der Waals surface area contributed by atoms with Crippen LogP contribution in [0.4, 0.5) is 0 Å². The third kappa shape index (κ3) is 4.05. The van der Waals surface area contributed by atoms with Crippen LogP contribution in [0.2, 0.25) is 5.15 Å². The van der Waals surface area contributed by atoms with Crippen molar-refractivity contribution in [2.75, 3.05) is 20.2 Å². The molecule has 1 aromatic heterocycles. The van der Waals surface area contributed by atoms with Gasteiger partial charge in [0.1, 0.15) is 5.15 Å². The molecule has 1 N–H and O–H groups in total. The molecule has 1 aliphatic heterocycles.